The zero-order chi connectivity index (χ0) is 7.72. The van der Waals surface area contributed by atoms with Crippen molar-refractivity contribution in [1.82, 2.24) is 0 Å². The van der Waals surface area contributed by atoms with E-state index in [9.17, 15) is 4.79 Å². The summed E-state index contributed by atoms with van der Waals surface area (Å²) in [7, 11) is 3.02. The first kappa shape index (κ1) is 7.54. The predicted molar refractivity (Wildman–Crippen MR) is 35.5 cm³/mol. The Kier molecular flexibility index (Phi) is 1.94. The standard InChI is InChI=1S/C7H12O3/c1-4-5(6(4)9-2)7(8)10-3/h4-6H,1-3H3/t4-,5-,6-/m1/s1. The van der Waals surface area contributed by atoms with Crippen molar-refractivity contribution in [3.05, 3.63) is 0 Å². The second kappa shape index (κ2) is 2.58. The van der Waals surface area contributed by atoms with Crippen molar-refractivity contribution < 1.29 is 14.3 Å². The van der Waals surface area contributed by atoms with Gasteiger partial charge in [-0.2, -0.15) is 0 Å². The van der Waals surface area contributed by atoms with Gasteiger partial charge in [0.25, 0.3) is 0 Å². The molecule has 58 valence electrons. The third kappa shape index (κ3) is 1.01. The lowest BCUT2D eigenvalue weighted by Crippen LogP contribution is -2.07. The molecule has 1 aliphatic carbocycles. The fraction of sp³-hybridized carbons (Fsp3) is 0.857. The molecule has 0 aromatic heterocycles. The summed E-state index contributed by atoms with van der Waals surface area (Å²) in [6, 6.07) is 0. The van der Waals surface area contributed by atoms with Gasteiger partial charge in [-0.05, 0) is 5.92 Å². The minimum absolute atomic E-state index is 0.0185. The van der Waals surface area contributed by atoms with Crippen LogP contribution in [-0.4, -0.2) is 26.3 Å². The largest absolute Gasteiger partial charge is 0.469 e. The molecule has 1 saturated carbocycles. The van der Waals surface area contributed by atoms with E-state index < -0.39 is 0 Å². The first-order chi connectivity index (χ1) is 4.72. The van der Waals surface area contributed by atoms with Gasteiger partial charge >= 0.3 is 5.97 Å². The third-order valence-corrected chi connectivity index (χ3v) is 2.04. The Bertz CT molecular complexity index is 144. The molecule has 0 saturated heterocycles. The average Bonchev–Trinajstić information content (AvgIpc) is 2.59. The molecule has 3 atom stereocenters. The molecule has 0 amide bonds. The summed E-state index contributed by atoms with van der Waals surface area (Å²) in [5, 5.41) is 0. The van der Waals surface area contributed by atoms with Gasteiger partial charge in [-0.3, -0.25) is 4.79 Å². The highest BCUT2D eigenvalue weighted by Gasteiger charge is 2.53. The van der Waals surface area contributed by atoms with Crippen LogP contribution in [0, 0.1) is 11.8 Å². The maximum atomic E-state index is 10.9. The van der Waals surface area contributed by atoms with Gasteiger partial charge < -0.3 is 9.47 Å². The molecule has 0 aromatic rings. The summed E-state index contributed by atoms with van der Waals surface area (Å²) >= 11 is 0. The molecule has 1 rings (SSSR count). The summed E-state index contributed by atoms with van der Waals surface area (Å²) in [5.74, 6) is 0.159. The lowest BCUT2D eigenvalue weighted by Gasteiger charge is -1.94. The van der Waals surface area contributed by atoms with E-state index >= 15 is 0 Å². The number of ether oxygens (including phenoxy) is 2. The average molecular weight is 144 g/mol. The van der Waals surface area contributed by atoms with Crippen molar-refractivity contribution in [2.24, 2.45) is 11.8 Å². The van der Waals surface area contributed by atoms with Gasteiger partial charge in [0.05, 0.1) is 19.1 Å². The van der Waals surface area contributed by atoms with Crippen molar-refractivity contribution >= 4 is 5.97 Å². The molecular formula is C7H12O3. The SMILES string of the molecule is COC(=O)[C@@H]1[C@@H](C)[C@H]1OC. The zero-order valence-corrected chi connectivity index (χ0v) is 6.46. The summed E-state index contributed by atoms with van der Waals surface area (Å²) < 4.78 is 9.57. The molecule has 10 heavy (non-hydrogen) atoms. The number of carbonyl (C=O) groups is 1. The summed E-state index contributed by atoms with van der Waals surface area (Å²) in [4.78, 5) is 10.9. The molecule has 0 N–H and O–H groups in total. The van der Waals surface area contributed by atoms with Crippen LogP contribution >= 0.6 is 0 Å². The fourth-order valence-corrected chi connectivity index (χ4v) is 1.27. The molecule has 3 heteroatoms. The predicted octanol–water partition coefficient (Wildman–Crippen LogP) is 0.440. The number of rotatable bonds is 2. The van der Waals surface area contributed by atoms with Crippen LogP contribution in [0.1, 0.15) is 6.92 Å². The van der Waals surface area contributed by atoms with Gasteiger partial charge in [0.15, 0.2) is 0 Å². The zero-order valence-electron chi connectivity index (χ0n) is 6.46. The third-order valence-electron chi connectivity index (χ3n) is 2.04. The quantitative estimate of drug-likeness (QED) is 0.527. The van der Waals surface area contributed by atoms with E-state index in [0.29, 0.717) is 5.92 Å². The van der Waals surface area contributed by atoms with Crippen LogP contribution in [0.25, 0.3) is 0 Å². The van der Waals surface area contributed by atoms with Gasteiger partial charge in [0, 0.05) is 7.11 Å². The lowest BCUT2D eigenvalue weighted by atomic mass is 10.3. The molecule has 1 fully saturated rings. The van der Waals surface area contributed by atoms with Gasteiger partial charge in [0.2, 0.25) is 0 Å². The number of methoxy groups -OCH3 is 2. The highest BCUT2D eigenvalue weighted by Crippen LogP contribution is 2.41. The van der Waals surface area contributed by atoms with Crippen LogP contribution in [0.15, 0.2) is 0 Å². The van der Waals surface area contributed by atoms with Crippen molar-refractivity contribution in [1.29, 1.82) is 0 Å². The molecule has 0 aromatic carbocycles. The van der Waals surface area contributed by atoms with Crippen molar-refractivity contribution in [2.75, 3.05) is 14.2 Å². The molecule has 0 aliphatic heterocycles. The van der Waals surface area contributed by atoms with Crippen LogP contribution in [-0.2, 0) is 14.3 Å². The monoisotopic (exact) mass is 144 g/mol. The molecular weight excluding hydrogens is 132 g/mol. The second-order valence-electron chi connectivity index (χ2n) is 2.61. The summed E-state index contributed by atoms with van der Waals surface area (Å²) in [6.45, 7) is 1.98. The second-order valence-corrected chi connectivity index (χ2v) is 2.61. The van der Waals surface area contributed by atoms with E-state index in [1.807, 2.05) is 6.92 Å². The van der Waals surface area contributed by atoms with Crippen LogP contribution in [0.2, 0.25) is 0 Å². The van der Waals surface area contributed by atoms with E-state index in [4.69, 9.17) is 4.74 Å². The van der Waals surface area contributed by atoms with E-state index in [2.05, 4.69) is 4.74 Å². The Labute approximate surface area is 60.3 Å². The molecule has 3 nitrogen and oxygen atoms in total. The molecule has 0 bridgehead atoms. The summed E-state index contributed by atoms with van der Waals surface area (Å²) in [5.41, 5.74) is 0. The molecule has 0 heterocycles. The number of carbonyl (C=O) groups excluding carboxylic acids is 1. The van der Waals surface area contributed by atoms with Gasteiger partial charge in [-0.15, -0.1) is 0 Å². The van der Waals surface area contributed by atoms with Crippen LogP contribution in [0.3, 0.4) is 0 Å². The Morgan fingerprint density at radius 2 is 2.00 bits per heavy atom. The van der Waals surface area contributed by atoms with Crippen molar-refractivity contribution in [3.63, 3.8) is 0 Å². The highest BCUT2D eigenvalue weighted by molar-refractivity contribution is 5.76. The van der Waals surface area contributed by atoms with E-state index in [1.165, 1.54) is 7.11 Å². The Hall–Kier alpha value is -0.570. The fourth-order valence-electron chi connectivity index (χ4n) is 1.27. The minimum Gasteiger partial charge on any atom is -0.469 e. The number of hydrogen-bond donors (Lipinski definition) is 0. The van der Waals surface area contributed by atoms with E-state index in [1.54, 1.807) is 7.11 Å². The normalized spacial score (nSPS) is 37.3. The van der Waals surface area contributed by atoms with E-state index in [-0.39, 0.29) is 18.0 Å². The van der Waals surface area contributed by atoms with Gasteiger partial charge in [-0.25, -0.2) is 0 Å². The van der Waals surface area contributed by atoms with Gasteiger partial charge in [0.1, 0.15) is 0 Å². The smallest absolute Gasteiger partial charge is 0.311 e. The molecule has 0 spiro atoms. The Morgan fingerprint density at radius 1 is 1.40 bits per heavy atom. The van der Waals surface area contributed by atoms with Crippen LogP contribution in [0.4, 0.5) is 0 Å². The maximum absolute atomic E-state index is 10.9. The first-order valence-corrected chi connectivity index (χ1v) is 3.33. The van der Waals surface area contributed by atoms with Crippen molar-refractivity contribution in [2.45, 2.75) is 13.0 Å². The number of hydrogen-bond acceptors (Lipinski definition) is 3. The first-order valence-electron chi connectivity index (χ1n) is 3.33. The number of esters is 1. The topological polar surface area (TPSA) is 35.5 Å². The maximum Gasteiger partial charge on any atom is 0.311 e. The van der Waals surface area contributed by atoms with Crippen LogP contribution < -0.4 is 0 Å². The minimum atomic E-state index is -0.153. The molecule has 1 aliphatic rings. The lowest BCUT2D eigenvalue weighted by molar-refractivity contribution is -0.143. The summed E-state index contributed by atoms with van der Waals surface area (Å²) in [6.07, 6.45) is 0.0902. The van der Waals surface area contributed by atoms with E-state index in [0.717, 1.165) is 0 Å². The highest BCUT2D eigenvalue weighted by atomic mass is 16.5. The molecule has 0 unspecified atom stereocenters. The van der Waals surface area contributed by atoms with Crippen molar-refractivity contribution in [3.8, 4) is 0 Å². The van der Waals surface area contributed by atoms with Gasteiger partial charge in [-0.1, -0.05) is 6.92 Å². The Morgan fingerprint density at radius 3 is 2.30 bits per heavy atom. The Balaban J connectivity index is 2.40. The van der Waals surface area contributed by atoms with Crippen LogP contribution in [0.5, 0.6) is 0 Å². The molecule has 0 radical (unpaired) electrons.